The van der Waals surface area contributed by atoms with E-state index in [1.165, 1.54) is 0 Å². The first kappa shape index (κ1) is 20.3. The third-order valence-corrected chi connectivity index (χ3v) is 10.1. The Morgan fingerprint density at radius 2 is 1.11 bits per heavy atom. The normalized spacial score (nSPS) is 16.1. The predicted octanol–water partition coefficient (Wildman–Crippen LogP) is 3.33. The average molecular weight is 368 g/mol. The molecule has 0 spiro atoms. The lowest BCUT2D eigenvalue weighted by molar-refractivity contribution is 0.297. The Bertz CT molecular complexity index is 222. The van der Waals surface area contributed by atoms with Crippen LogP contribution >= 0.6 is 46.4 Å². The van der Waals surface area contributed by atoms with Crippen molar-refractivity contribution in [2.24, 2.45) is 0 Å². The second kappa shape index (κ2) is 10.1. The molecule has 0 aromatic carbocycles. The van der Waals surface area contributed by atoms with Gasteiger partial charge in [-0.05, 0) is 14.1 Å². The van der Waals surface area contributed by atoms with Gasteiger partial charge < -0.3 is 9.80 Å². The van der Waals surface area contributed by atoms with E-state index < -0.39 is 8.07 Å². The molecule has 0 saturated heterocycles. The van der Waals surface area contributed by atoms with E-state index in [2.05, 4.69) is 37.0 Å². The van der Waals surface area contributed by atoms with Crippen molar-refractivity contribution in [3.63, 3.8) is 0 Å². The van der Waals surface area contributed by atoms with E-state index in [4.69, 9.17) is 46.4 Å². The van der Waals surface area contributed by atoms with Gasteiger partial charge in [-0.2, -0.15) is 0 Å². The van der Waals surface area contributed by atoms with E-state index in [0.717, 1.165) is 13.1 Å². The van der Waals surface area contributed by atoms with Crippen LogP contribution in [0.2, 0.25) is 13.1 Å². The topological polar surface area (TPSA) is 6.48 Å². The van der Waals surface area contributed by atoms with Gasteiger partial charge in [-0.25, -0.2) is 0 Å². The van der Waals surface area contributed by atoms with Gasteiger partial charge in [0.1, 0.15) is 0 Å². The highest BCUT2D eigenvalue weighted by Gasteiger charge is 2.42. The Kier molecular flexibility index (Phi) is 10.8. The highest BCUT2D eigenvalue weighted by atomic mass is 35.5. The summed E-state index contributed by atoms with van der Waals surface area (Å²) in [6, 6.07) is 0. The van der Waals surface area contributed by atoms with Crippen molar-refractivity contribution < 1.29 is 0 Å². The number of alkyl halides is 4. The number of hydrogen-bond donors (Lipinski definition) is 0. The molecule has 0 N–H and O–H groups in total. The molecule has 0 rings (SSSR count). The van der Waals surface area contributed by atoms with Crippen LogP contribution < -0.4 is 0 Å². The maximum absolute atomic E-state index is 6.23. The van der Waals surface area contributed by atoms with Crippen LogP contribution in [-0.2, 0) is 0 Å². The molecular formula is C12H26Cl4N2Si. The molecule has 116 valence electrons. The molecule has 2 unspecified atom stereocenters. The monoisotopic (exact) mass is 366 g/mol. The van der Waals surface area contributed by atoms with Gasteiger partial charge in [0.25, 0.3) is 0 Å². The highest BCUT2D eigenvalue weighted by molar-refractivity contribution is 6.81. The van der Waals surface area contributed by atoms with E-state index >= 15 is 0 Å². The standard InChI is InChI=1S/C12H26Cl4N2Si/c1-17(7-5-13)11(9-15)19(3,4)12(10-16)18(2)8-6-14/h11-12H,5-10H2,1-4H3. The van der Waals surface area contributed by atoms with Crippen molar-refractivity contribution >= 4 is 54.5 Å². The number of hydrogen-bond acceptors (Lipinski definition) is 2. The van der Waals surface area contributed by atoms with Crippen LogP contribution in [-0.4, -0.2) is 79.9 Å². The summed E-state index contributed by atoms with van der Waals surface area (Å²) in [5.41, 5.74) is 0.712. The van der Waals surface area contributed by atoms with Gasteiger partial charge >= 0.3 is 0 Å². The minimum atomic E-state index is -1.69. The van der Waals surface area contributed by atoms with Gasteiger partial charge in [0, 0.05) is 47.9 Å². The van der Waals surface area contributed by atoms with Crippen LogP contribution in [0.1, 0.15) is 0 Å². The Morgan fingerprint density at radius 3 is 1.32 bits per heavy atom. The zero-order chi connectivity index (χ0) is 15.1. The molecule has 0 aliphatic heterocycles. The molecule has 0 radical (unpaired) electrons. The first-order chi connectivity index (χ1) is 8.86. The molecule has 0 heterocycles. The molecule has 0 aromatic rings. The molecule has 0 amide bonds. The minimum absolute atomic E-state index is 0.356. The maximum Gasteiger partial charge on any atom is 0.0886 e. The second-order valence-electron chi connectivity index (χ2n) is 5.50. The average Bonchev–Trinajstić information content (AvgIpc) is 2.30. The zero-order valence-corrected chi connectivity index (χ0v) is 16.3. The molecule has 0 aliphatic rings. The summed E-state index contributed by atoms with van der Waals surface area (Å²) < 4.78 is 0. The fourth-order valence-electron chi connectivity index (χ4n) is 2.57. The van der Waals surface area contributed by atoms with Gasteiger partial charge in [-0.1, -0.05) is 13.1 Å². The minimum Gasteiger partial charge on any atom is -0.304 e. The largest absolute Gasteiger partial charge is 0.304 e. The molecule has 0 fully saturated rings. The molecule has 2 nitrogen and oxygen atoms in total. The molecule has 2 atom stereocenters. The third-order valence-electron chi connectivity index (χ3n) is 3.95. The van der Waals surface area contributed by atoms with Gasteiger partial charge in [-0.3, -0.25) is 0 Å². The highest BCUT2D eigenvalue weighted by Crippen LogP contribution is 2.24. The fraction of sp³-hybridized carbons (Fsp3) is 1.00. The molecule has 0 bridgehead atoms. The molecule has 19 heavy (non-hydrogen) atoms. The lowest BCUT2D eigenvalue weighted by Gasteiger charge is -2.45. The van der Waals surface area contributed by atoms with Crippen molar-refractivity contribution in [1.82, 2.24) is 9.80 Å². The van der Waals surface area contributed by atoms with Crippen molar-refractivity contribution in [3.8, 4) is 0 Å². The Hall–Kier alpha value is 1.30. The molecule has 0 saturated carbocycles. The quantitative estimate of drug-likeness (QED) is 0.431. The number of rotatable bonds is 10. The van der Waals surface area contributed by atoms with Crippen LogP contribution in [0.5, 0.6) is 0 Å². The summed E-state index contributed by atoms with van der Waals surface area (Å²) in [5, 5.41) is 0. The van der Waals surface area contributed by atoms with E-state index in [1.807, 2.05) is 0 Å². The summed E-state index contributed by atoms with van der Waals surface area (Å²) in [4.78, 5) is 4.56. The van der Waals surface area contributed by atoms with Crippen LogP contribution in [0, 0.1) is 0 Å². The summed E-state index contributed by atoms with van der Waals surface area (Å²) in [6.07, 6.45) is 0. The van der Waals surface area contributed by atoms with E-state index in [0.29, 0.717) is 34.9 Å². The van der Waals surface area contributed by atoms with Crippen LogP contribution in [0.15, 0.2) is 0 Å². The Labute approximate surface area is 139 Å². The smallest absolute Gasteiger partial charge is 0.0886 e. The third kappa shape index (κ3) is 5.89. The lowest BCUT2D eigenvalue weighted by atomic mass is 10.5. The maximum atomic E-state index is 6.23. The van der Waals surface area contributed by atoms with Crippen molar-refractivity contribution in [2.45, 2.75) is 24.4 Å². The van der Waals surface area contributed by atoms with Gasteiger partial charge in [0.2, 0.25) is 0 Å². The van der Waals surface area contributed by atoms with Crippen LogP contribution in [0.3, 0.4) is 0 Å². The van der Waals surface area contributed by atoms with E-state index in [9.17, 15) is 0 Å². The Morgan fingerprint density at radius 1 is 0.789 bits per heavy atom. The number of nitrogens with zero attached hydrogens (tertiary/aromatic N) is 2. The molecule has 0 aromatic heterocycles. The molecule has 7 heteroatoms. The molecular weight excluding hydrogens is 342 g/mol. The van der Waals surface area contributed by atoms with Gasteiger partial charge in [0.15, 0.2) is 0 Å². The van der Waals surface area contributed by atoms with Gasteiger partial charge in [-0.15, -0.1) is 46.4 Å². The van der Waals surface area contributed by atoms with E-state index in [1.54, 1.807) is 0 Å². The second-order valence-corrected chi connectivity index (χ2v) is 11.8. The molecule has 0 aliphatic carbocycles. The first-order valence-corrected chi connectivity index (χ1v) is 11.8. The number of halogens is 4. The zero-order valence-electron chi connectivity index (χ0n) is 12.3. The summed E-state index contributed by atoms with van der Waals surface area (Å²) in [6.45, 7) is 6.40. The van der Waals surface area contributed by atoms with Crippen molar-refractivity contribution in [1.29, 1.82) is 0 Å². The van der Waals surface area contributed by atoms with E-state index in [-0.39, 0.29) is 0 Å². The van der Waals surface area contributed by atoms with Crippen LogP contribution in [0.25, 0.3) is 0 Å². The van der Waals surface area contributed by atoms with Crippen molar-refractivity contribution in [2.75, 3.05) is 50.7 Å². The first-order valence-electron chi connectivity index (χ1n) is 6.51. The van der Waals surface area contributed by atoms with Crippen LogP contribution in [0.4, 0.5) is 0 Å². The van der Waals surface area contributed by atoms with Gasteiger partial charge in [0.05, 0.1) is 8.07 Å². The summed E-state index contributed by atoms with van der Waals surface area (Å²) >= 11 is 24.2. The predicted molar refractivity (Wildman–Crippen MR) is 93.2 cm³/mol. The summed E-state index contributed by atoms with van der Waals surface area (Å²) in [7, 11) is 2.50. The Balaban J connectivity index is 5.03. The SMILES string of the molecule is CN(CCCl)C(CCl)[Si](C)(C)C(CCl)N(C)CCCl. The lowest BCUT2D eigenvalue weighted by Crippen LogP contribution is -2.65. The summed E-state index contributed by atoms with van der Waals surface area (Å²) in [5.74, 6) is 2.48. The fourth-order valence-corrected chi connectivity index (χ4v) is 9.73. The van der Waals surface area contributed by atoms with Crippen molar-refractivity contribution in [3.05, 3.63) is 0 Å².